The zero-order chi connectivity index (χ0) is 16.2. The van der Waals surface area contributed by atoms with Gasteiger partial charge >= 0.3 is 0 Å². The number of alkyl halides is 2. The van der Waals surface area contributed by atoms with Gasteiger partial charge < -0.3 is 5.32 Å². The molecule has 3 rings (SSSR count). The second-order valence-electron chi connectivity index (χ2n) is 5.26. The predicted octanol–water partition coefficient (Wildman–Crippen LogP) is 2.58. The molecule has 1 aliphatic carbocycles. The third kappa shape index (κ3) is 3.66. The standard InChI is InChI=1S/C14H15F2N5OS/c15-14(16)23-11-7-2-1-4-9(11)13(22)17-10-6-3-5-8(10)12-18-20-21-19-12/h1-2,4,7-8,10,14H,3,5-6H2,(H,17,22)(H,18,19,20,21). The van der Waals surface area contributed by atoms with Gasteiger partial charge in [-0.3, -0.25) is 4.79 Å². The number of H-pyrrole nitrogens is 1. The fourth-order valence-electron chi connectivity index (χ4n) is 2.87. The lowest BCUT2D eigenvalue weighted by Gasteiger charge is -2.19. The lowest BCUT2D eigenvalue weighted by Crippen LogP contribution is -2.37. The monoisotopic (exact) mass is 339 g/mol. The minimum absolute atomic E-state index is 0.00684. The van der Waals surface area contributed by atoms with Crippen LogP contribution in [0.5, 0.6) is 0 Å². The maximum atomic E-state index is 12.6. The normalized spacial score (nSPS) is 20.8. The van der Waals surface area contributed by atoms with Gasteiger partial charge in [-0.15, -0.1) is 10.2 Å². The Kier molecular flexibility index (Phi) is 4.85. The van der Waals surface area contributed by atoms with Crippen LogP contribution in [0.2, 0.25) is 0 Å². The van der Waals surface area contributed by atoms with E-state index in [1.54, 1.807) is 18.2 Å². The minimum Gasteiger partial charge on any atom is -0.349 e. The maximum Gasteiger partial charge on any atom is 0.288 e. The highest BCUT2D eigenvalue weighted by Gasteiger charge is 2.33. The molecule has 0 spiro atoms. The van der Waals surface area contributed by atoms with E-state index < -0.39 is 5.76 Å². The fourth-order valence-corrected chi connectivity index (χ4v) is 3.50. The Morgan fingerprint density at radius 1 is 1.35 bits per heavy atom. The number of aromatic amines is 1. The number of hydrogen-bond acceptors (Lipinski definition) is 5. The number of aromatic nitrogens is 4. The van der Waals surface area contributed by atoms with E-state index in [2.05, 4.69) is 25.9 Å². The molecule has 2 aromatic rings. The highest BCUT2D eigenvalue weighted by Crippen LogP contribution is 2.33. The van der Waals surface area contributed by atoms with Gasteiger partial charge in [-0.05, 0) is 25.0 Å². The van der Waals surface area contributed by atoms with Gasteiger partial charge in [-0.2, -0.15) is 14.0 Å². The molecule has 0 bridgehead atoms. The van der Waals surface area contributed by atoms with Crippen LogP contribution >= 0.6 is 11.8 Å². The highest BCUT2D eigenvalue weighted by atomic mass is 32.2. The summed E-state index contributed by atoms with van der Waals surface area (Å²) < 4.78 is 25.2. The molecule has 1 amide bonds. The number of nitrogens with zero attached hydrogens (tertiary/aromatic N) is 3. The molecule has 9 heteroatoms. The second kappa shape index (κ2) is 7.03. The number of nitrogens with one attached hydrogen (secondary N) is 2. The molecule has 0 radical (unpaired) electrons. The maximum absolute atomic E-state index is 12.6. The van der Waals surface area contributed by atoms with Gasteiger partial charge in [0, 0.05) is 16.9 Å². The summed E-state index contributed by atoms with van der Waals surface area (Å²) >= 11 is 0.376. The summed E-state index contributed by atoms with van der Waals surface area (Å²) in [7, 11) is 0. The number of hydrogen-bond donors (Lipinski definition) is 2. The predicted molar refractivity (Wildman–Crippen MR) is 80.3 cm³/mol. The minimum atomic E-state index is -2.57. The topological polar surface area (TPSA) is 83.6 Å². The molecule has 1 saturated carbocycles. The Balaban J connectivity index is 1.74. The largest absolute Gasteiger partial charge is 0.349 e. The van der Waals surface area contributed by atoms with E-state index in [-0.39, 0.29) is 28.3 Å². The van der Waals surface area contributed by atoms with Crippen LogP contribution in [0, 0.1) is 0 Å². The van der Waals surface area contributed by atoms with E-state index in [0.29, 0.717) is 17.6 Å². The fraction of sp³-hybridized carbons (Fsp3) is 0.429. The molecule has 6 nitrogen and oxygen atoms in total. The summed E-state index contributed by atoms with van der Waals surface area (Å²) in [5, 5.41) is 16.9. The Labute approximate surface area is 135 Å². The van der Waals surface area contributed by atoms with Gasteiger partial charge in [0.25, 0.3) is 11.7 Å². The Morgan fingerprint density at radius 3 is 2.91 bits per heavy atom. The Hall–Kier alpha value is -2.03. The van der Waals surface area contributed by atoms with Crippen LogP contribution in [0.15, 0.2) is 29.2 Å². The lowest BCUT2D eigenvalue weighted by atomic mass is 10.0. The molecule has 1 fully saturated rings. The number of carbonyl (C=O) groups excluding carboxylic acids is 1. The van der Waals surface area contributed by atoms with Crippen LogP contribution in [0.1, 0.15) is 41.4 Å². The van der Waals surface area contributed by atoms with Crippen molar-refractivity contribution in [3.05, 3.63) is 35.7 Å². The van der Waals surface area contributed by atoms with Crippen LogP contribution in [0.3, 0.4) is 0 Å². The van der Waals surface area contributed by atoms with Crippen molar-refractivity contribution in [1.29, 1.82) is 0 Å². The average Bonchev–Trinajstić information content (AvgIpc) is 3.17. The third-order valence-electron chi connectivity index (χ3n) is 3.87. The number of carbonyl (C=O) groups is 1. The van der Waals surface area contributed by atoms with Crippen LogP contribution in [0.4, 0.5) is 8.78 Å². The van der Waals surface area contributed by atoms with E-state index >= 15 is 0 Å². The van der Waals surface area contributed by atoms with Crippen molar-refractivity contribution in [2.75, 3.05) is 0 Å². The number of halogens is 2. The molecule has 0 aliphatic heterocycles. The second-order valence-corrected chi connectivity index (χ2v) is 6.29. The van der Waals surface area contributed by atoms with Crippen LogP contribution in [0.25, 0.3) is 0 Å². The van der Waals surface area contributed by atoms with Crippen molar-refractivity contribution in [3.8, 4) is 0 Å². The van der Waals surface area contributed by atoms with Crippen molar-refractivity contribution in [2.45, 2.75) is 41.9 Å². The number of thioether (sulfide) groups is 1. The van der Waals surface area contributed by atoms with E-state index in [9.17, 15) is 13.6 Å². The van der Waals surface area contributed by atoms with Gasteiger partial charge in [0.2, 0.25) is 0 Å². The first kappa shape index (κ1) is 15.9. The quantitative estimate of drug-likeness (QED) is 0.818. The highest BCUT2D eigenvalue weighted by molar-refractivity contribution is 7.99. The van der Waals surface area contributed by atoms with E-state index in [1.807, 2.05) is 0 Å². The number of rotatable bonds is 5. The molecule has 1 aromatic heterocycles. The Bertz CT molecular complexity index is 667. The molecule has 0 saturated heterocycles. The molecule has 2 unspecified atom stereocenters. The first-order chi connectivity index (χ1) is 11.1. The van der Waals surface area contributed by atoms with Crippen molar-refractivity contribution in [3.63, 3.8) is 0 Å². The molecular formula is C14H15F2N5OS. The molecule has 1 heterocycles. The Morgan fingerprint density at radius 2 is 2.17 bits per heavy atom. The SMILES string of the molecule is O=C(NC1CCCC1c1nn[nH]n1)c1ccccc1SC(F)F. The van der Waals surface area contributed by atoms with Crippen molar-refractivity contribution >= 4 is 17.7 Å². The first-order valence-corrected chi connectivity index (χ1v) is 8.11. The van der Waals surface area contributed by atoms with E-state index in [4.69, 9.17) is 0 Å². The van der Waals surface area contributed by atoms with E-state index in [0.717, 1.165) is 19.3 Å². The molecule has 1 aromatic carbocycles. The molecular weight excluding hydrogens is 324 g/mol. The van der Waals surface area contributed by atoms with Crippen molar-refractivity contribution < 1.29 is 13.6 Å². The van der Waals surface area contributed by atoms with Crippen LogP contribution in [-0.4, -0.2) is 38.3 Å². The van der Waals surface area contributed by atoms with Gasteiger partial charge in [-0.25, -0.2) is 0 Å². The number of benzene rings is 1. The summed E-state index contributed by atoms with van der Waals surface area (Å²) in [6.07, 6.45) is 2.60. The average molecular weight is 339 g/mol. The zero-order valence-electron chi connectivity index (χ0n) is 12.1. The smallest absolute Gasteiger partial charge is 0.288 e. The first-order valence-electron chi connectivity index (χ1n) is 7.23. The zero-order valence-corrected chi connectivity index (χ0v) is 12.9. The van der Waals surface area contributed by atoms with Crippen LogP contribution in [-0.2, 0) is 0 Å². The third-order valence-corrected chi connectivity index (χ3v) is 4.66. The van der Waals surface area contributed by atoms with Gasteiger partial charge in [-0.1, -0.05) is 35.5 Å². The van der Waals surface area contributed by atoms with E-state index in [1.165, 1.54) is 6.07 Å². The lowest BCUT2D eigenvalue weighted by molar-refractivity contribution is 0.0931. The van der Waals surface area contributed by atoms with Crippen molar-refractivity contribution in [1.82, 2.24) is 25.9 Å². The van der Waals surface area contributed by atoms with Gasteiger partial charge in [0.05, 0.1) is 5.56 Å². The molecule has 2 atom stereocenters. The molecule has 122 valence electrons. The molecule has 1 aliphatic rings. The van der Waals surface area contributed by atoms with Gasteiger partial charge in [0.1, 0.15) is 0 Å². The summed E-state index contributed by atoms with van der Waals surface area (Å²) in [5.74, 6) is -2.35. The van der Waals surface area contributed by atoms with Crippen LogP contribution < -0.4 is 5.32 Å². The summed E-state index contributed by atoms with van der Waals surface area (Å²) in [6, 6.07) is 6.26. The molecule has 23 heavy (non-hydrogen) atoms. The molecule has 2 N–H and O–H groups in total. The number of tetrazole rings is 1. The summed E-state index contributed by atoms with van der Waals surface area (Å²) in [6.45, 7) is 0. The van der Waals surface area contributed by atoms with Gasteiger partial charge in [0.15, 0.2) is 5.82 Å². The summed E-state index contributed by atoms with van der Waals surface area (Å²) in [4.78, 5) is 12.8. The summed E-state index contributed by atoms with van der Waals surface area (Å²) in [5.41, 5.74) is 0.261. The number of amides is 1. The van der Waals surface area contributed by atoms with Crippen molar-refractivity contribution in [2.24, 2.45) is 0 Å².